The molecule has 3 aromatic carbocycles. The SMILES string of the molecule is C.C[C@@H](O)[C@H](NC(=O)c1ccc(C#Cc2ccc(NC(=O)CNCc3ccc(F)cc3)cc2)cc1)C(=O)NO. The van der Waals surface area contributed by atoms with Crippen LogP contribution in [0.4, 0.5) is 10.1 Å². The summed E-state index contributed by atoms with van der Waals surface area (Å²) in [7, 11) is 0. The van der Waals surface area contributed by atoms with Gasteiger partial charge in [0.15, 0.2) is 0 Å². The number of anilines is 1. The molecule has 0 heterocycles. The van der Waals surface area contributed by atoms with Gasteiger partial charge in [0.1, 0.15) is 11.9 Å². The van der Waals surface area contributed by atoms with Gasteiger partial charge in [-0.1, -0.05) is 31.4 Å². The molecule has 6 N–H and O–H groups in total. The van der Waals surface area contributed by atoms with Gasteiger partial charge in [-0.05, 0) is 73.2 Å². The van der Waals surface area contributed by atoms with E-state index in [2.05, 4.69) is 27.8 Å². The number of carbonyl (C=O) groups excluding carboxylic acids is 3. The molecule has 9 nitrogen and oxygen atoms in total. The highest BCUT2D eigenvalue weighted by atomic mass is 19.1. The Hall–Kier alpha value is -4.56. The second kappa shape index (κ2) is 15.0. The summed E-state index contributed by atoms with van der Waals surface area (Å²) in [6.07, 6.45) is -1.21. The first kappa shape index (κ1) is 30.7. The van der Waals surface area contributed by atoms with Gasteiger partial charge in [-0.2, -0.15) is 0 Å². The number of hydrogen-bond donors (Lipinski definition) is 6. The summed E-state index contributed by atoms with van der Waals surface area (Å²) in [6, 6.07) is 18.1. The minimum atomic E-state index is -1.31. The van der Waals surface area contributed by atoms with Crippen LogP contribution in [0.2, 0.25) is 0 Å². The number of amides is 3. The fraction of sp³-hybridized carbons (Fsp3) is 0.207. The minimum absolute atomic E-state index is 0. The Labute approximate surface area is 226 Å². The molecule has 3 rings (SSSR count). The van der Waals surface area contributed by atoms with Gasteiger partial charge in [-0.15, -0.1) is 0 Å². The lowest BCUT2D eigenvalue weighted by molar-refractivity contribution is -0.133. The molecule has 0 spiro atoms. The molecule has 3 amide bonds. The van der Waals surface area contributed by atoms with Crippen LogP contribution in [0.3, 0.4) is 0 Å². The summed E-state index contributed by atoms with van der Waals surface area (Å²) >= 11 is 0. The number of hydrogen-bond acceptors (Lipinski definition) is 6. The maximum absolute atomic E-state index is 12.9. The second-order valence-electron chi connectivity index (χ2n) is 8.35. The van der Waals surface area contributed by atoms with Gasteiger partial charge in [0.25, 0.3) is 11.8 Å². The van der Waals surface area contributed by atoms with Crippen molar-refractivity contribution in [2.45, 2.75) is 33.0 Å². The third-order valence-electron chi connectivity index (χ3n) is 5.36. The molecular weight excluding hydrogens is 503 g/mol. The standard InChI is InChI=1S/C28H27FN4O5.CH4/c1-18(34)26(28(37)33-38)32-27(36)22-10-4-19(5-11-22)2-3-20-8-14-24(15-9-20)31-25(35)17-30-16-21-6-12-23(29)13-7-21;/h4-15,18,26,30,34,38H,16-17H2,1H3,(H,31,35)(H,32,36)(H,33,37);1H4/t18-,26+;/m1./s1. The smallest absolute Gasteiger partial charge is 0.268 e. The molecule has 10 heteroatoms. The Kier molecular flexibility index (Phi) is 11.8. The van der Waals surface area contributed by atoms with Crippen molar-refractivity contribution in [2.24, 2.45) is 0 Å². The fourth-order valence-corrected chi connectivity index (χ4v) is 3.31. The zero-order valence-corrected chi connectivity index (χ0v) is 20.5. The normalized spacial score (nSPS) is 11.6. The Morgan fingerprint density at radius 2 is 1.46 bits per heavy atom. The summed E-state index contributed by atoms with van der Waals surface area (Å²) < 4.78 is 12.9. The molecular formula is C29H31FN4O5. The van der Waals surface area contributed by atoms with Crippen LogP contribution < -0.4 is 21.4 Å². The lowest BCUT2D eigenvalue weighted by atomic mass is 10.1. The summed E-state index contributed by atoms with van der Waals surface area (Å²) in [5.41, 5.74) is 4.51. The topological polar surface area (TPSA) is 140 Å². The molecule has 0 fully saturated rings. The van der Waals surface area contributed by atoms with Gasteiger partial charge in [-0.25, -0.2) is 9.87 Å². The van der Waals surface area contributed by atoms with Crippen molar-refractivity contribution >= 4 is 23.4 Å². The van der Waals surface area contributed by atoms with Gasteiger partial charge in [-0.3, -0.25) is 19.6 Å². The first-order valence-electron chi connectivity index (χ1n) is 11.6. The van der Waals surface area contributed by atoms with Crippen LogP contribution in [0, 0.1) is 17.7 Å². The number of carbonyl (C=O) groups is 3. The van der Waals surface area contributed by atoms with Crippen LogP contribution in [0.1, 0.15) is 41.4 Å². The Morgan fingerprint density at radius 3 is 2.00 bits per heavy atom. The zero-order chi connectivity index (χ0) is 27.5. The molecule has 0 aliphatic carbocycles. The van der Waals surface area contributed by atoms with Crippen LogP contribution >= 0.6 is 0 Å². The van der Waals surface area contributed by atoms with E-state index < -0.39 is 24.0 Å². The molecule has 39 heavy (non-hydrogen) atoms. The molecule has 2 atom stereocenters. The Morgan fingerprint density at radius 1 is 0.897 bits per heavy atom. The number of benzene rings is 3. The minimum Gasteiger partial charge on any atom is -0.391 e. The second-order valence-corrected chi connectivity index (χ2v) is 8.35. The number of rotatable bonds is 9. The number of nitrogens with one attached hydrogen (secondary N) is 4. The highest BCUT2D eigenvalue weighted by Crippen LogP contribution is 2.10. The summed E-state index contributed by atoms with van der Waals surface area (Å²) in [4.78, 5) is 36.1. The van der Waals surface area contributed by atoms with Crippen molar-refractivity contribution < 1.29 is 29.1 Å². The highest BCUT2D eigenvalue weighted by Gasteiger charge is 2.25. The van der Waals surface area contributed by atoms with Crippen LogP contribution in [0.25, 0.3) is 0 Å². The number of hydroxylamine groups is 1. The molecule has 0 aliphatic rings. The quantitative estimate of drug-likeness (QED) is 0.142. The van der Waals surface area contributed by atoms with E-state index in [1.165, 1.54) is 36.7 Å². The lowest BCUT2D eigenvalue weighted by Crippen LogP contribution is -2.51. The molecule has 3 aromatic rings. The van der Waals surface area contributed by atoms with E-state index in [1.807, 2.05) is 0 Å². The summed E-state index contributed by atoms with van der Waals surface area (Å²) in [5, 5.41) is 26.5. The summed E-state index contributed by atoms with van der Waals surface area (Å²) in [6.45, 7) is 1.85. The first-order chi connectivity index (χ1) is 18.2. The van der Waals surface area contributed by atoms with E-state index >= 15 is 0 Å². The van der Waals surface area contributed by atoms with Gasteiger partial charge < -0.3 is 21.1 Å². The number of aliphatic hydroxyl groups excluding tert-OH is 1. The molecule has 204 valence electrons. The largest absolute Gasteiger partial charge is 0.391 e. The van der Waals surface area contributed by atoms with Crippen LogP contribution in [-0.4, -0.2) is 46.7 Å². The van der Waals surface area contributed by atoms with Gasteiger partial charge >= 0.3 is 0 Å². The molecule has 0 saturated carbocycles. The van der Waals surface area contributed by atoms with E-state index in [1.54, 1.807) is 48.5 Å². The van der Waals surface area contributed by atoms with E-state index in [0.29, 0.717) is 23.4 Å². The lowest BCUT2D eigenvalue weighted by Gasteiger charge is -2.19. The van der Waals surface area contributed by atoms with E-state index in [4.69, 9.17) is 5.21 Å². The van der Waals surface area contributed by atoms with E-state index in [9.17, 15) is 23.9 Å². The van der Waals surface area contributed by atoms with Gasteiger partial charge in [0.2, 0.25) is 5.91 Å². The molecule has 0 radical (unpaired) electrons. The van der Waals surface area contributed by atoms with Gasteiger partial charge in [0.05, 0.1) is 12.6 Å². The number of aliphatic hydroxyl groups is 1. The first-order valence-corrected chi connectivity index (χ1v) is 11.6. The fourth-order valence-electron chi connectivity index (χ4n) is 3.31. The van der Waals surface area contributed by atoms with Crippen LogP contribution in [0.15, 0.2) is 72.8 Å². The molecule has 0 bridgehead atoms. The van der Waals surface area contributed by atoms with Crippen molar-refractivity contribution in [1.29, 1.82) is 0 Å². The predicted octanol–water partition coefficient (Wildman–Crippen LogP) is 2.57. The van der Waals surface area contributed by atoms with Crippen LogP contribution in [-0.2, 0) is 16.1 Å². The Balaban J connectivity index is 0.00000533. The van der Waals surface area contributed by atoms with Gasteiger partial charge in [0, 0.05) is 28.9 Å². The third-order valence-corrected chi connectivity index (χ3v) is 5.36. The highest BCUT2D eigenvalue weighted by molar-refractivity contribution is 5.97. The van der Waals surface area contributed by atoms with E-state index in [-0.39, 0.29) is 31.3 Å². The summed E-state index contributed by atoms with van der Waals surface area (Å²) in [5.74, 6) is 3.93. The number of halogens is 1. The van der Waals surface area contributed by atoms with Crippen molar-refractivity contribution in [2.75, 3.05) is 11.9 Å². The average Bonchev–Trinajstić information content (AvgIpc) is 2.92. The molecule has 0 aromatic heterocycles. The monoisotopic (exact) mass is 534 g/mol. The third kappa shape index (κ3) is 9.68. The molecule has 0 unspecified atom stereocenters. The maximum Gasteiger partial charge on any atom is 0.268 e. The van der Waals surface area contributed by atoms with Crippen LogP contribution in [0.5, 0.6) is 0 Å². The van der Waals surface area contributed by atoms with Crippen molar-refractivity contribution in [1.82, 2.24) is 16.1 Å². The average molecular weight is 535 g/mol. The molecule has 0 saturated heterocycles. The maximum atomic E-state index is 12.9. The van der Waals surface area contributed by atoms with Crippen molar-refractivity contribution in [3.8, 4) is 11.8 Å². The molecule has 0 aliphatic heterocycles. The Bertz CT molecular complexity index is 1320. The predicted molar refractivity (Wildman–Crippen MR) is 145 cm³/mol. The zero-order valence-electron chi connectivity index (χ0n) is 20.5. The van der Waals surface area contributed by atoms with Crippen molar-refractivity contribution in [3.63, 3.8) is 0 Å². The van der Waals surface area contributed by atoms with E-state index in [0.717, 1.165) is 5.56 Å². The van der Waals surface area contributed by atoms with Crippen molar-refractivity contribution in [3.05, 3.63) is 101 Å².